The highest BCUT2D eigenvalue weighted by molar-refractivity contribution is 7.98. The number of sulfonamides is 1. The van der Waals surface area contributed by atoms with Gasteiger partial charge in [0.2, 0.25) is 11.8 Å². The first-order chi connectivity index (χ1) is 21.7. The number of hydrogen-bond donors (Lipinski definition) is 1. The molecule has 1 atom stereocenters. The molecule has 1 N–H and O–H groups in total. The Morgan fingerprint density at radius 2 is 1.53 bits per heavy atom. The van der Waals surface area contributed by atoms with Gasteiger partial charge in [0.15, 0.2) is 0 Å². The summed E-state index contributed by atoms with van der Waals surface area (Å²) in [5.41, 5.74) is 1.79. The maximum atomic E-state index is 14.5. The van der Waals surface area contributed by atoms with Crippen LogP contribution in [0.15, 0.2) is 113 Å². The van der Waals surface area contributed by atoms with Crippen molar-refractivity contribution in [2.75, 3.05) is 30.8 Å². The van der Waals surface area contributed by atoms with Gasteiger partial charge in [0.05, 0.1) is 17.2 Å². The van der Waals surface area contributed by atoms with Gasteiger partial charge in [0.25, 0.3) is 10.0 Å². The maximum absolute atomic E-state index is 14.5. The molecule has 0 bridgehead atoms. The summed E-state index contributed by atoms with van der Waals surface area (Å²) in [5, 5.41) is 3.21. The quantitative estimate of drug-likeness (QED) is 0.165. The minimum Gasteiger partial charge on any atom is -0.492 e. The number of thioether (sulfide) groups is 1. The summed E-state index contributed by atoms with van der Waals surface area (Å²) in [6, 6.07) is 28.6. The third kappa shape index (κ3) is 8.59. The zero-order chi connectivity index (χ0) is 32.4. The lowest BCUT2D eigenvalue weighted by atomic mass is 10.0. The molecule has 0 aliphatic heterocycles. The number of anilines is 1. The summed E-state index contributed by atoms with van der Waals surface area (Å²) >= 11 is 7.62. The van der Waals surface area contributed by atoms with Crippen molar-refractivity contribution < 1.29 is 22.7 Å². The molecule has 0 spiro atoms. The number of hydrogen-bond acceptors (Lipinski definition) is 6. The van der Waals surface area contributed by atoms with Gasteiger partial charge in [-0.1, -0.05) is 66.2 Å². The summed E-state index contributed by atoms with van der Waals surface area (Å²) in [7, 11) is -2.75. The monoisotopic (exact) mass is 665 g/mol. The average Bonchev–Trinajstić information content (AvgIpc) is 3.06. The van der Waals surface area contributed by atoms with Gasteiger partial charge in [-0.25, -0.2) is 8.42 Å². The highest BCUT2D eigenvalue weighted by atomic mass is 35.5. The van der Waals surface area contributed by atoms with Crippen LogP contribution in [0.1, 0.15) is 18.1 Å². The van der Waals surface area contributed by atoms with E-state index in [2.05, 4.69) is 5.32 Å². The summed E-state index contributed by atoms with van der Waals surface area (Å²) in [6.45, 7) is 1.56. The Bertz CT molecular complexity index is 1690. The van der Waals surface area contributed by atoms with E-state index in [1.54, 1.807) is 67.6 Å². The predicted molar refractivity (Wildman–Crippen MR) is 180 cm³/mol. The largest absolute Gasteiger partial charge is 0.492 e. The topological polar surface area (TPSA) is 96.0 Å². The summed E-state index contributed by atoms with van der Waals surface area (Å²) in [4.78, 5) is 30.2. The Kier molecular flexibility index (Phi) is 11.9. The normalized spacial score (nSPS) is 11.8. The molecule has 0 heterocycles. The van der Waals surface area contributed by atoms with Crippen LogP contribution in [0, 0.1) is 0 Å². The average molecular weight is 666 g/mol. The second-order valence-corrected chi connectivity index (χ2v) is 13.2. The van der Waals surface area contributed by atoms with Crippen molar-refractivity contribution in [1.29, 1.82) is 0 Å². The van der Waals surface area contributed by atoms with Gasteiger partial charge in [-0.2, -0.15) is 0 Å². The Morgan fingerprint density at radius 1 is 0.889 bits per heavy atom. The van der Waals surface area contributed by atoms with E-state index in [0.29, 0.717) is 17.4 Å². The molecule has 0 unspecified atom stereocenters. The molecule has 11 heteroatoms. The van der Waals surface area contributed by atoms with Crippen molar-refractivity contribution in [3.63, 3.8) is 0 Å². The van der Waals surface area contributed by atoms with Crippen molar-refractivity contribution in [1.82, 2.24) is 10.2 Å². The molecule has 45 heavy (non-hydrogen) atoms. The lowest BCUT2D eigenvalue weighted by molar-refractivity contribution is -0.139. The van der Waals surface area contributed by atoms with Crippen LogP contribution < -0.4 is 14.4 Å². The fourth-order valence-corrected chi connectivity index (χ4v) is 6.80. The Balaban J connectivity index is 1.82. The van der Waals surface area contributed by atoms with E-state index in [9.17, 15) is 18.0 Å². The number of nitrogens with one attached hydrogen (secondary N) is 1. The fourth-order valence-electron chi connectivity index (χ4n) is 4.84. The zero-order valence-electron chi connectivity index (χ0n) is 25.4. The van der Waals surface area contributed by atoms with Gasteiger partial charge in [-0.3, -0.25) is 13.9 Å². The van der Waals surface area contributed by atoms with Crippen LogP contribution in [-0.4, -0.2) is 57.6 Å². The van der Waals surface area contributed by atoms with Crippen molar-refractivity contribution >= 4 is 50.9 Å². The Hall–Kier alpha value is -3.99. The van der Waals surface area contributed by atoms with E-state index in [1.807, 2.05) is 36.6 Å². The van der Waals surface area contributed by atoms with Crippen LogP contribution in [-0.2, 0) is 32.6 Å². The molecule has 0 aliphatic rings. The van der Waals surface area contributed by atoms with Gasteiger partial charge < -0.3 is 15.0 Å². The zero-order valence-corrected chi connectivity index (χ0v) is 27.7. The number of carbonyl (C=O) groups is 2. The number of benzene rings is 4. The van der Waals surface area contributed by atoms with Gasteiger partial charge in [0.1, 0.15) is 18.3 Å². The first-order valence-electron chi connectivity index (χ1n) is 14.4. The number of likely N-dealkylation sites (N-methyl/N-ethyl adjacent to an activating group) is 1. The molecule has 0 aliphatic carbocycles. The second kappa shape index (κ2) is 15.8. The lowest BCUT2D eigenvalue weighted by Gasteiger charge is -2.34. The first kappa shape index (κ1) is 33.9. The van der Waals surface area contributed by atoms with E-state index < -0.39 is 28.5 Å². The molecular formula is C34H36ClN3O5S2. The van der Waals surface area contributed by atoms with Gasteiger partial charge in [-0.15, -0.1) is 11.8 Å². The predicted octanol–water partition coefficient (Wildman–Crippen LogP) is 6.04. The standard InChI is InChI=1S/C34H36ClN3O5S2/c1-4-43-32-13-9-8-12-30(32)38(45(41,42)29-20-18-28(44-3)19-21-29)24-33(39)37(23-26-14-16-27(35)17-15-26)31(34(40)36-2)22-25-10-6-5-7-11-25/h5-21,31H,4,22-24H2,1-3H3,(H,36,40)/t31-/m0/s1. The van der Waals surface area contributed by atoms with Crippen molar-refractivity contribution in [2.24, 2.45) is 0 Å². The number of para-hydroxylation sites is 2. The van der Waals surface area contributed by atoms with Crippen LogP contribution in [0.2, 0.25) is 5.02 Å². The number of ether oxygens (including phenoxy) is 1. The fraction of sp³-hybridized carbons (Fsp3) is 0.235. The van der Waals surface area contributed by atoms with E-state index in [4.69, 9.17) is 16.3 Å². The molecule has 236 valence electrons. The Morgan fingerprint density at radius 3 is 2.16 bits per heavy atom. The van der Waals surface area contributed by atoms with Crippen LogP contribution in [0.25, 0.3) is 0 Å². The number of rotatable bonds is 14. The van der Waals surface area contributed by atoms with Gasteiger partial charge >= 0.3 is 0 Å². The highest BCUT2D eigenvalue weighted by Gasteiger charge is 2.35. The molecule has 4 aromatic rings. The third-order valence-electron chi connectivity index (χ3n) is 7.14. The summed E-state index contributed by atoms with van der Waals surface area (Å²) in [6.07, 6.45) is 2.12. The van der Waals surface area contributed by atoms with Crippen LogP contribution in [0.5, 0.6) is 5.75 Å². The number of halogens is 1. The third-order valence-corrected chi connectivity index (χ3v) is 9.91. The van der Waals surface area contributed by atoms with E-state index >= 15 is 0 Å². The molecule has 4 aromatic carbocycles. The van der Waals surface area contributed by atoms with E-state index in [0.717, 1.165) is 20.3 Å². The molecular weight excluding hydrogens is 630 g/mol. The number of carbonyl (C=O) groups excluding carboxylic acids is 2. The SMILES string of the molecule is CCOc1ccccc1N(CC(=O)N(Cc1ccc(Cl)cc1)[C@@H](Cc1ccccc1)C(=O)NC)S(=O)(=O)c1ccc(SC)cc1. The van der Waals surface area contributed by atoms with Gasteiger partial charge in [-0.05, 0) is 72.8 Å². The van der Waals surface area contributed by atoms with Gasteiger partial charge in [0, 0.05) is 29.9 Å². The number of amides is 2. The minimum absolute atomic E-state index is 0.0239. The smallest absolute Gasteiger partial charge is 0.264 e. The summed E-state index contributed by atoms with van der Waals surface area (Å²) in [5.74, 6) is -0.628. The molecule has 0 saturated heterocycles. The van der Waals surface area contributed by atoms with Crippen LogP contribution >= 0.6 is 23.4 Å². The van der Waals surface area contributed by atoms with E-state index in [1.165, 1.54) is 35.8 Å². The molecule has 0 fully saturated rings. The molecule has 4 rings (SSSR count). The van der Waals surface area contributed by atoms with Crippen molar-refractivity contribution in [2.45, 2.75) is 35.7 Å². The second-order valence-electron chi connectivity index (χ2n) is 10.1. The first-order valence-corrected chi connectivity index (χ1v) is 17.4. The Labute approximate surface area is 274 Å². The maximum Gasteiger partial charge on any atom is 0.264 e. The lowest BCUT2D eigenvalue weighted by Crippen LogP contribution is -2.53. The molecule has 2 amide bonds. The molecule has 0 radical (unpaired) electrons. The van der Waals surface area contributed by atoms with Crippen LogP contribution in [0.4, 0.5) is 5.69 Å². The number of nitrogens with zero attached hydrogens (tertiary/aromatic N) is 2. The molecule has 0 aromatic heterocycles. The molecule has 8 nitrogen and oxygen atoms in total. The highest BCUT2D eigenvalue weighted by Crippen LogP contribution is 2.33. The summed E-state index contributed by atoms with van der Waals surface area (Å²) < 4.78 is 35.5. The van der Waals surface area contributed by atoms with Crippen molar-refractivity contribution in [3.05, 3.63) is 119 Å². The van der Waals surface area contributed by atoms with E-state index in [-0.39, 0.29) is 29.5 Å². The minimum atomic E-state index is -4.26. The van der Waals surface area contributed by atoms with Crippen molar-refractivity contribution in [3.8, 4) is 5.75 Å². The molecule has 0 saturated carbocycles. The van der Waals surface area contributed by atoms with Crippen LogP contribution in [0.3, 0.4) is 0 Å².